The van der Waals surface area contributed by atoms with Crippen molar-refractivity contribution in [1.82, 2.24) is 10.3 Å². The number of benzene rings is 2. The van der Waals surface area contributed by atoms with Gasteiger partial charge in [0, 0.05) is 19.0 Å². The van der Waals surface area contributed by atoms with E-state index >= 15 is 0 Å². The van der Waals surface area contributed by atoms with Gasteiger partial charge in [-0.2, -0.15) is 0 Å². The van der Waals surface area contributed by atoms with Gasteiger partial charge in [0.15, 0.2) is 0 Å². The molecule has 146 valence electrons. The second-order valence-electron chi connectivity index (χ2n) is 5.82. The van der Waals surface area contributed by atoms with Crippen molar-refractivity contribution in [2.75, 3.05) is 20.3 Å². The summed E-state index contributed by atoms with van der Waals surface area (Å²) in [7, 11) is 1.59. The van der Waals surface area contributed by atoms with E-state index in [0.717, 1.165) is 11.1 Å². The third-order valence-electron chi connectivity index (χ3n) is 3.82. The lowest BCUT2D eigenvalue weighted by atomic mass is 10.2. The van der Waals surface area contributed by atoms with Crippen molar-refractivity contribution in [3.63, 3.8) is 0 Å². The van der Waals surface area contributed by atoms with Crippen molar-refractivity contribution in [3.05, 3.63) is 69.1 Å². The van der Waals surface area contributed by atoms with E-state index in [4.69, 9.17) is 32.7 Å². The molecule has 5 nitrogen and oxygen atoms in total. The summed E-state index contributed by atoms with van der Waals surface area (Å²) in [6.07, 6.45) is 0. The van der Waals surface area contributed by atoms with Crippen LogP contribution in [0.5, 0.6) is 5.75 Å². The predicted molar refractivity (Wildman–Crippen MR) is 113 cm³/mol. The Morgan fingerprint density at radius 3 is 2.79 bits per heavy atom. The molecular weight excluding hydrogens is 419 g/mol. The Morgan fingerprint density at radius 1 is 1.18 bits per heavy atom. The summed E-state index contributed by atoms with van der Waals surface area (Å²) in [4.78, 5) is 16.6. The average Bonchev–Trinajstić information content (AvgIpc) is 3.19. The Morgan fingerprint density at radius 2 is 2.00 bits per heavy atom. The average molecular weight is 437 g/mol. The highest BCUT2D eigenvalue weighted by molar-refractivity contribution is 7.13. The molecule has 0 aliphatic rings. The maximum atomic E-state index is 12.1. The van der Waals surface area contributed by atoms with Crippen LogP contribution < -0.4 is 10.1 Å². The normalized spacial score (nSPS) is 10.7. The summed E-state index contributed by atoms with van der Waals surface area (Å²) in [5, 5.41) is 6.19. The number of aromatic nitrogens is 1. The van der Waals surface area contributed by atoms with Crippen LogP contribution in [0.25, 0.3) is 10.6 Å². The van der Waals surface area contributed by atoms with Crippen molar-refractivity contribution in [2.24, 2.45) is 0 Å². The molecule has 0 saturated carbocycles. The fourth-order valence-corrected chi connectivity index (χ4v) is 3.57. The number of rotatable bonds is 8. The lowest BCUT2D eigenvalue weighted by molar-refractivity contribution is 0.0933. The first-order chi connectivity index (χ1) is 13.6. The molecule has 0 aliphatic carbocycles. The summed E-state index contributed by atoms with van der Waals surface area (Å²) in [5.74, 6) is 0.447. The van der Waals surface area contributed by atoms with Crippen LogP contribution >= 0.6 is 34.5 Å². The van der Waals surface area contributed by atoms with Crippen LogP contribution in [-0.2, 0) is 11.3 Å². The molecule has 0 saturated heterocycles. The second-order valence-corrected chi connectivity index (χ2v) is 7.49. The van der Waals surface area contributed by atoms with E-state index in [1.165, 1.54) is 11.3 Å². The molecule has 1 aromatic heterocycles. The number of nitrogens with zero attached hydrogens (tertiary/aromatic N) is 1. The van der Waals surface area contributed by atoms with Gasteiger partial charge in [0.2, 0.25) is 0 Å². The van der Waals surface area contributed by atoms with E-state index in [2.05, 4.69) is 10.3 Å². The number of hydrogen-bond acceptors (Lipinski definition) is 5. The van der Waals surface area contributed by atoms with Crippen LogP contribution in [0.15, 0.2) is 47.8 Å². The van der Waals surface area contributed by atoms with Crippen molar-refractivity contribution >= 4 is 40.4 Å². The van der Waals surface area contributed by atoms with Crippen LogP contribution in [-0.4, -0.2) is 31.2 Å². The molecule has 1 amide bonds. The number of hydrogen-bond donors (Lipinski definition) is 1. The van der Waals surface area contributed by atoms with E-state index < -0.39 is 0 Å². The zero-order valence-corrected chi connectivity index (χ0v) is 17.4. The standard InChI is InChI=1S/C20H18Cl2N2O3S/c1-26-9-8-23-19(25)17-12-28-20(24-17)14-4-2-3-5-18(14)27-11-13-6-7-15(21)16(22)10-13/h2-7,10,12H,8-9,11H2,1H3,(H,23,25). The summed E-state index contributed by atoms with van der Waals surface area (Å²) in [5.41, 5.74) is 2.10. The zero-order valence-electron chi connectivity index (χ0n) is 15.1. The monoisotopic (exact) mass is 436 g/mol. The zero-order chi connectivity index (χ0) is 19.9. The smallest absolute Gasteiger partial charge is 0.270 e. The molecule has 3 rings (SSSR count). The minimum atomic E-state index is -0.228. The number of para-hydroxylation sites is 1. The van der Waals surface area contributed by atoms with Gasteiger partial charge >= 0.3 is 0 Å². The maximum Gasteiger partial charge on any atom is 0.270 e. The van der Waals surface area contributed by atoms with E-state index in [9.17, 15) is 4.79 Å². The molecular formula is C20H18Cl2N2O3S. The molecule has 0 aliphatic heterocycles. The Bertz CT molecular complexity index is 962. The number of methoxy groups -OCH3 is 1. The summed E-state index contributed by atoms with van der Waals surface area (Å²) >= 11 is 13.4. The Labute approximate surface area is 177 Å². The predicted octanol–water partition coefficient (Wildman–Crippen LogP) is 5.07. The van der Waals surface area contributed by atoms with Gasteiger partial charge in [0.1, 0.15) is 23.1 Å². The van der Waals surface area contributed by atoms with Gasteiger partial charge in [-0.1, -0.05) is 41.4 Å². The second kappa shape index (κ2) is 9.89. The molecule has 1 heterocycles. The fraction of sp³-hybridized carbons (Fsp3) is 0.200. The SMILES string of the molecule is COCCNC(=O)c1csc(-c2ccccc2OCc2ccc(Cl)c(Cl)c2)n1. The summed E-state index contributed by atoms with van der Waals surface area (Å²) < 4.78 is 10.9. The highest BCUT2D eigenvalue weighted by Gasteiger charge is 2.14. The summed E-state index contributed by atoms with van der Waals surface area (Å²) in [6.45, 7) is 1.23. The molecule has 0 radical (unpaired) electrons. The third-order valence-corrected chi connectivity index (χ3v) is 5.44. The Hall–Kier alpha value is -2.12. The molecule has 3 aromatic rings. The molecule has 0 spiro atoms. The molecule has 0 fully saturated rings. The van der Waals surface area contributed by atoms with E-state index in [0.29, 0.717) is 46.3 Å². The lowest BCUT2D eigenvalue weighted by Gasteiger charge is -2.10. The molecule has 0 unspecified atom stereocenters. The van der Waals surface area contributed by atoms with Gasteiger partial charge in [-0.25, -0.2) is 4.98 Å². The minimum absolute atomic E-state index is 0.228. The molecule has 1 N–H and O–H groups in total. The van der Waals surface area contributed by atoms with Gasteiger partial charge in [-0.15, -0.1) is 11.3 Å². The first-order valence-corrected chi connectivity index (χ1v) is 10.1. The van der Waals surface area contributed by atoms with Crippen molar-refractivity contribution in [2.45, 2.75) is 6.61 Å². The van der Waals surface area contributed by atoms with Gasteiger partial charge in [0.25, 0.3) is 5.91 Å². The number of ether oxygens (including phenoxy) is 2. The van der Waals surface area contributed by atoms with E-state index in [1.807, 2.05) is 30.3 Å². The first kappa shape index (κ1) is 20.6. The number of amides is 1. The molecule has 8 heteroatoms. The largest absolute Gasteiger partial charge is 0.488 e. The lowest BCUT2D eigenvalue weighted by Crippen LogP contribution is -2.27. The van der Waals surface area contributed by atoms with Gasteiger partial charge < -0.3 is 14.8 Å². The van der Waals surface area contributed by atoms with Gasteiger partial charge in [-0.05, 0) is 29.8 Å². The molecule has 0 bridgehead atoms. The number of carbonyl (C=O) groups is 1. The Balaban J connectivity index is 1.73. The van der Waals surface area contributed by atoms with Gasteiger partial charge in [-0.3, -0.25) is 4.79 Å². The van der Waals surface area contributed by atoms with Crippen LogP contribution in [0, 0.1) is 0 Å². The van der Waals surface area contributed by atoms with E-state index in [-0.39, 0.29) is 5.91 Å². The maximum absolute atomic E-state index is 12.1. The topological polar surface area (TPSA) is 60.5 Å². The molecule has 28 heavy (non-hydrogen) atoms. The minimum Gasteiger partial charge on any atom is -0.488 e. The van der Waals surface area contributed by atoms with Crippen LogP contribution in [0.4, 0.5) is 0 Å². The van der Waals surface area contributed by atoms with Crippen LogP contribution in [0.2, 0.25) is 10.0 Å². The number of nitrogens with one attached hydrogen (secondary N) is 1. The molecule has 0 atom stereocenters. The highest BCUT2D eigenvalue weighted by atomic mass is 35.5. The highest BCUT2D eigenvalue weighted by Crippen LogP contribution is 2.33. The van der Waals surface area contributed by atoms with Gasteiger partial charge in [0.05, 0.1) is 22.2 Å². The van der Waals surface area contributed by atoms with Crippen LogP contribution in [0.1, 0.15) is 16.1 Å². The fourth-order valence-electron chi connectivity index (χ4n) is 2.42. The van der Waals surface area contributed by atoms with E-state index in [1.54, 1.807) is 24.6 Å². The first-order valence-electron chi connectivity index (χ1n) is 8.47. The quantitative estimate of drug-likeness (QED) is 0.500. The number of carbonyl (C=O) groups excluding carboxylic acids is 1. The number of halogens is 2. The molecule has 2 aromatic carbocycles. The van der Waals surface area contributed by atoms with Crippen LogP contribution in [0.3, 0.4) is 0 Å². The van der Waals surface area contributed by atoms with Crippen molar-refractivity contribution in [3.8, 4) is 16.3 Å². The summed E-state index contributed by atoms with van der Waals surface area (Å²) in [6, 6.07) is 13.0. The number of thiazole rings is 1. The van der Waals surface area contributed by atoms with Crippen molar-refractivity contribution in [1.29, 1.82) is 0 Å². The Kier molecular flexibility index (Phi) is 7.28. The third kappa shape index (κ3) is 5.23. The van der Waals surface area contributed by atoms with Crippen molar-refractivity contribution < 1.29 is 14.3 Å².